The summed E-state index contributed by atoms with van der Waals surface area (Å²) in [5.74, 6) is 0.876. The average Bonchev–Trinajstić information content (AvgIpc) is 3.14. The Morgan fingerprint density at radius 3 is 2.61 bits per heavy atom. The van der Waals surface area contributed by atoms with Gasteiger partial charge < -0.3 is 5.32 Å². The molecule has 0 aliphatic rings. The minimum Gasteiger partial charge on any atom is -0.356 e. The summed E-state index contributed by atoms with van der Waals surface area (Å²) in [5, 5.41) is 8.72. The first-order valence-corrected chi connectivity index (χ1v) is 8.39. The van der Waals surface area contributed by atoms with Gasteiger partial charge in [-0.05, 0) is 24.6 Å². The largest absolute Gasteiger partial charge is 0.356 e. The zero-order chi connectivity index (χ0) is 16.4. The van der Waals surface area contributed by atoms with Crippen LogP contribution in [0.5, 0.6) is 0 Å². The van der Waals surface area contributed by atoms with Crippen molar-refractivity contribution < 1.29 is 0 Å². The molecule has 6 heteroatoms. The molecule has 3 aromatic rings. The average molecular weight is 327 g/mol. The first-order valence-electron chi connectivity index (χ1n) is 7.62. The van der Waals surface area contributed by atoms with Crippen molar-refractivity contribution in [1.29, 1.82) is 0 Å². The first-order chi connectivity index (χ1) is 10.9. The molecule has 3 rings (SSSR count). The van der Waals surface area contributed by atoms with E-state index < -0.39 is 0 Å². The summed E-state index contributed by atoms with van der Waals surface area (Å²) in [6.45, 7) is 9.04. The van der Waals surface area contributed by atoms with Crippen LogP contribution in [0.4, 0.5) is 5.13 Å². The van der Waals surface area contributed by atoms with Crippen molar-refractivity contribution in [3.8, 4) is 5.69 Å². The molecular formula is C17H21N5S. The van der Waals surface area contributed by atoms with E-state index in [1.807, 2.05) is 36.0 Å². The standard InChI is InChI=1S/C17H21N5S/c1-12-9-10-22(20-12)14-8-6-5-7-13(14)11-18-16-19-15(21-23-16)17(2,3)4/h5-10H,11H2,1-4H3,(H,18,19,21). The highest BCUT2D eigenvalue weighted by Crippen LogP contribution is 2.24. The number of nitrogens with one attached hydrogen (secondary N) is 1. The van der Waals surface area contributed by atoms with Gasteiger partial charge in [0, 0.05) is 29.7 Å². The van der Waals surface area contributed by atoms with Crippen LogP contribution in [0.3, 0.4) is 0 Å². The highest BCUT2D eigenvalue weighted by Gasteiger charge is 2.19. The Morgan fingerprint density at radius 2 is 1.96 bits per heavy atom. The van der Waals surface area contributed by atoms with Crippen LogP contribution in [0.1, 0.15) is 37.9 Å². The fraction of sp³-hybridized carbons (Fsp3) is 0.353. The Kier molecular flexibility index (Phi) is 4.17. The zero-order valence-corrected chi connectivity index (χ0v) is 14.7. The number of hydrogen-bond acceptors (Lipinski definition) is 5. The number of nitrogens with zero attached hydrogens (tertiary/aromatic N) is 4. The summed E-state index contributed by atoms with van der Waals surface area (Å²) in [7, 11) is 0. The number of para-hydroxylation sites is 1. The molecule has 0 aliphatic carbocycles. The normalized spacial score (nSPS) is 11.7. The lowest BCUT2D eigenvalue weighted by atomic mass is 9.96. The van der Waals surface area contributed by atoms with Crippen molar-refractivity contribution >= 4 is 16.7 Å². The van der Waals surface area contributed by atoms with E-state index in [0.717, 1.165) is 22.3 Å². The Hall–Kier alpha value is -2.21. The third-order valence-corrected chi connectivity index (χ3v) is 4.16. The molecule has 2 heterocycles. The Labute approximate surface area is 140 Å². The maximum Gasteiger partial charge on any atom is 0.202 e. The smallest absolute Gasteiger partial charge is 0.202 e. The lowest BCUT2D eigenvalue weighted by molar-refractivity contribution is 0.555. The number of benzene rings is 1. The summed E-state index contributed by atoms with van der Waals surface area (Å²) >= 11 is 1.41. The van der Waals surface area contributed by atoms with E-state index in [1.165, 1.54) is 17.1 Å². The monoisotopic (exact) mass is 327 g/mol. The van der Waals surface area contributed by atoms with E-state index in [4.69, 9.17) is 0 Å². The van der Waals surface area contributed by atoms with Crippen LogP contribution in [0.25, 0.3) is 5.69 Å². The van der Waals surface area contributed by atoms with Crippen LogP contribution in [0, 0.1) is 6.92 Å². The summed E-state index contributed by atoms with van der Waals surface area (Å²) < 4.78 is 6.34. The first kappa shape index (κ1) is 15.7. The Morgan fingerprint density at radius 1 is 1.17 bits per heavy atom. The van der Waals surface area contributed by atoms with E-state index in [2.05, 4.69) is 52.7 Å². The Bertz CT molecular complexity index is 797. The second kappa shape index (κ2) is 6.12. The fourth-order valence-corrected chi connectivity index (χ4v) is 2.96. The van der Waals surface area contributed by atoms with Crippen LogP contribution >= 0.6 is 11.5 Å². The number of anilines is 1. The van der Waals surface area contributed by atoms with Crippen LogP contribution in [0.15, 0.2) is 36.5 Å². The molecule has 0 spiro atoms. The van der Waals surface area contributed by atoms with Crippen molar-refractivity contribution in [2.24, 2.45) is 0 Å². The van der Waals surface area contributed by atoms with Crippen LogP contribution < -0.4 is 5.32 Å². The molecule has 0 bridgehead atoms. The molecule has 2 aromatic heterocycles. The lowest BCUT2D eigenvalue weighted by Gasteiger charge is -2.12. The van der Waals surface area contributed by atoms with Crippen LogP contribution in [0.2, 0.25) is 0 Å². The molecule has 1 N–H and O–H groups in total. The fourth-order valence-electron chi connectivity index (χ4n) is 2.20. The summed E-state index contributed by atoms with van der Waals surface area (Å²) in [5.41, 5.74) is 3.23. The minimum absolute atomic E-state index is 0.0269. The summed E-state index contributed by atoms with van der Waals surface area (Å²) in [6.07, 6.45) is 1.98. The zero-order valence-electron chi connectivity index (χ0n) is 13.9. The van der Waals surface area contributed by atoms with Gasteiger partial charge in [0.25, 0.3) is 0 Å². The molecule has 23 heavy (non-hydrogen) atoms. The predicted molar refractivity (Wildman–Crippen MR) is 94.2 cm³/mol. The van der Waals surface area contributed by atoms with Gasteiger partial charge in [-0.15, -0.1) is 0 Å². The van der Waals surface area contributed by atoms with Crippen molar-refractivity contribution in [2.45, 2.75) is 39.7 Å². The molecule has 0 saturated heterocycles. The van der Waals surface area contributed by atoms with Gasteiger partial charge in [0.2, 0.25) is 5.13 Å². The molecule has 0 unspecified atom stereocenters. The third-order valence-electron chi connectivity index (χ3n) is 3.49. The quantitative estimate of drug-likeness (QED) is 0.788. The maximum atomic E-state index is 4.58. The van der Waals surface area contributed by atoms with E-state index in [-0.39, 0.29) is 5.41 Å². The number of hydrogen-bond donors (Lipinski definition) is 1. The molecule has 120 valence electrons. The van der Waals surface area contributed by atoms with Crippen LogP contribution in [-0.2, 0) is 12.0 Å². The van der Waals surface area contributed by atoms with Crippen molar-refractivity contribution in [3.63, 3.8) is 0 Å². The number of aryl methyl sites for hydroxylation is 1. The SMILES string of the molecule is Cc1ccn(-c2ccccc2CNc2nc(C(C)(C)C)ns2)n1. The minimum atomic E-state index is -0.0269. The van der Waals surface area contributed by atoms with E-state index in [9.17, 15) is 0 Å². The molecule has 0 atom stereocenters. The number of rotatable bonds is 4. The topological polar surface area (TPSA) is 55.6 Å². The second-order valence-electron chi connectivity index (χ2n) is 6.56. The summed E-state index contributed by atoms with van der Waals surface area (Å²) in [4.78, 5) is 4.58. The van der Waals surface area contributed by atoms with Crippen molar-refractivity contribution in [3.05, 3.63) is 53.6 Å². The summed E-state index contributed by atoms with van der Waals surface area (Å²) in [6, 6.07) is 10.2. The molecule has 1 aromatic carbocycles. The lowest BCUT2D eigenvalue weighted by Crippen LogP contribution is -2.13. The molecule has 5 nitrogen and oxygen atoms in total. The molecular weight excluding hydrogens is 306 g/mol. The highest BCUT2D eigenvalue weighted by molar-refractivity contribution is 7.09. The van der Waals surface area contributed by atoms with E-state index in [0.29, 0.717) is 6.54 Å². The van der Waals surface area contributed by atoms with Crippen molar-refractivity contribution in [2.75, 3.05) is 5.32 Å². The van der Waals surface area contributed by atoms with Gasteiger partial charge in [-0.2, -0.15) is 9.47 Å². The maximum absolute atomic E-state index is 4.58. The van der Waals surface area contributed by atoms with Gasteiger partial charge in [0.1, 0.15) is 5.82 Å². The Balaban J connectivity index is 1.78. The highest BCUT2D eigenvalue weighted by atomic mass is 32.1. The van der Waals surface area contributed by atoms with E-state index in [1.54, 1.807) is 0 Å². The molecule has 0 aliphatic heterocycles. The van der Waals surface area contributed by atoms with Crippen molar-refractivity contribution in [1.82, 2.24) is 19.1 Å². The van der Waals surface area contributed by atoms with Crippen LogP contribution in [-0.4, -0.2) is 19.1 Å². The van der Waals surface area contributed by atoms with Gasteiger partial charge in [-0.3, -0.25) is 0 Å². The molecule has 0 amide bonds. The van der Waals surface area contributed by atoms with Gasteiger partial charge in [0.05, 0.1) is 11.4 Å². The molecule has 0 saturated carbocycles. The molecule has 0 fully saturated rings. The molecule has 0 radical (unpaired) electrons. The van der Waals surface area contributed by atoms with Gasteiger partial charge in [-0.25, -0.2) is 9.67 Å². The van der Waals surface area contributed by atoms with Gasteiger partial charge in [0.15, 0.2) is 0 Å². The second-order valence-corrected chi connectivity index (χ2v) is 7.31. The third kappa shape index (κ3) is 3.59. The number of aromatic nitrogens is 4. The van der Waals surface area contributed by atoms with Gasteiger partial charge >= 0.3 is 0 Å². The van der Waals surface area contributed by atoms with Gasteiger partial charge in [-0.1, -0.05) is 39.0 Å². The van der Waals surface area contributed by atoms with E-state index >= 15 is 0 Å². The predicted octanol–water partition coefficient (Wildman–Crippen LogP) is 3.94.